The Morgan fingerprint density at radius 3 is 2.77 bits per heavy atom. The van der Waals surface area contributed by atoms with Gasteiger partial charge in [0.1, 0.15) is 24.9 Å². The number of H-pyrrole nitrogens is 1. The van der Waals surface area contributed by atoms with Crippen LogP contribution in [0.3, 0.4) is 0 Å². The van der Waals surface area contributed by atoms with Gasteiger partial charge in [-0.05, 0) is 0 Å². The molecule has 2 aromatic rings. The van der Waals surface area contributed by atoms with Gasteiger partial charge in [0, 0.05) is 5.92 Å². The van der Waals surface area contributed by atoms with Crippen LogP contribution in [-0.4, -0.2) is 73.3 Å². The van der Waals surface area contributed by atoms with E-state index in [2.05, 4.69) is 20.3 Å². The van der Waals surface area contributed by atoms with E-state index in [-0.39, 0.29) is 17.1 Å². The minimum atomic E-state index is -4.64. The molecule has 1 amide bonds. The first-order chi connectivity index (χ1) is 14.0. The number of imidazole rings is 1. The van der Waals surface area contributed by atoms with E-state index in [4.69, 9.17) is 9.47 Å². The lowest BCUT2D eigenvalue weighted by Crippen LogP contribution is -2.38. The van der Waals surface area contributed by atoms with E-state index in [1.54, 1.807) is 13.8 Å². The average Bonchev–Trinajstić information content (AvgIpc) is 3.20. The van der Waals surface area contributed by atoms with Crippen LogP contribution in [0.25, 0.3) is 11.2 Å². The van der Waals surface area contributed by atoms with Gasteiger partial charge in [0.15, 0.2) is 17.4 Å². The van der Waals surface area contributed by atoms with Crippen molar-refractivity contribution in [2.75, 3.05) is 18.5 Å². The van der Waals surface area contributed by atoms with Gasteiger partial charge in [-0.1, -0.05) is 13.8 Å². The summed E-state index contributed by atoms with van der Waals surface area (Å²) in [6, 6.07) is 0. The van der Waals surface area contributed by atoms with Crippen molar-refractivity contribution in [3.8, 4) is 0 Å². The monoisotopic (exact) mass is 435 g/mol. The third-order valence-electron chi connectivity index (χ3n) is 4.40. The first kappa shape index (κ1) is 22.1. The van der Waals surface area contributed by atoms with Gasteiger partial charge < -0.3 is 19.7 Å². The highest BCUT2D eigenvalue weighted by molar-refractivity contribution is 5.91. The smallest absolute Gasteiger partial charge is 0.394 e. The fourth-order valence-corrected chi connectivity index (χ4v) is 2.93. The number of halogens is 3. The number of aliphatic hydroxyl groups excluding tert-OH is 2. The largest absolute Gasteiger partial charge is 0.411 e. The van der Waals surface area contributed by atoms with Gasteiger partial charge in [-0.3, -0.25) is 24.5 Å². The standard InChI is InChI=1S/C16H20F3N5O6/c1-6(2)12(27)22-15-21-11-8(13(28)23-15)20-5-24(11)14-9(26)10(7(3-25)30-14)29-4-16(17,18)19/h5-7,9-10,14,25-26H,3-4H2,1-2H3,(H2,21,22,23,27,28)/t7-,9-,10-,14-/m1/s1. The molecule has 2 aromatic heterocycles. The Hall–Kier alpha value is -2.55. The van der Waals surface area contributed by atoms with Crippen LogP contribution in [0.4, 0.5) is 19.1 Å². The molecule has 30 heavy (non-hydrogen) atoms. The predicted octanol–water partition coefficient (Wildman–Crippen LogP) is -0.0878. The van der Waals surface area contributed by atoms with Crippen molar-refractivity contribution >= 4 is 23.0 Å². The molecule has 0 aliphatic carbocycles. The number of aliphatic hydroxyl groups is 2. The molecule has 11 nitrogen and oxygen atoms in total. The Kier molecular flexibility index (Phi) is 6.12. The topological polar surface area (TPSA) is 152 Å². The molecule has 0 bridgehead atoms. The zero-order chi connectivity index (χ0) is 22.2. The molecule has 3 heterocycles. The zero-order valence-corrected chi connectivity index (χ0v) is 15.9. The average molecular weight is 435 g/mol. The van der Waals surface area contributed by atoms with Gasteiger partial charge >= 0.3 is 6.18 Å². The van der Waals surface area contributed by atoms with E-state index in [0.29, 0.717) is 0 Å². The normalized spacial score (nSPS) is 24.7. The molecule has 14 heteroatoms. The highest BCUT2D eigenvalue weighted by Gasteiger charge is 2.47. The van der Waals surface area contributed by atoms with Crippen LogP contribution in [-0.2, 0) is 14.3 Å². The molecule has 166 valence electrons. The maximum absolute atomic E-state index is 12.5. The number of fused-ring (bicyclic) bond motifs is 1. The summed E-state index contributed by atoms with van der Waals surface area (Å²) in [6.07, 6.45) is -9.24. The van der Waals surface area contributed by atoms with Crippen molar-refractivity contribution in [1.29, 1.82) is 0 Å². The van der Waals surface area contributed by atoms with Gasteiger partial charge in [0.25, 0.3) is 5.56 Å². The van der Waals surface area contributed by atoms with E-state index in [0.717, 1.165) is 10.9 Å². The maximum atomic E-state index is 12.5. The summed E-state index contributed by atoms with van der Waals surface area (Å²) in [4.78, 5) is 34.4. The van der Waals surface area contributed by atoms with Crippen molar-refractivity contribution in [1.82, 2.24) is 19.5 Å². The number of hydrogen-bond acceptors (Lipinski definition) is 8. The van der Waals surface area contributed by atoms with E-state index >= 15 is 0 Å². The lowest BCUT2D eigenvalue weighted by Gasteiger charge is -2.20. The zero-order valence-electron chi connectivity index (χ0n) is 15.9. The third-order valence-corrected chi connectivity index (χ3v) is 4.40. The molecule has 3 rings (SSSR count). The summed E-state index contributed by atoms with van der Waals surface area (Å²) < 4.78 is 48.7. The number of nitrogens with zero attached hydrogens (tertiary/aromatic N) is 3. The number of carbonyl (C=O) groups excluding carboxylic acids is 1. The highest BCUT2D eigenvalue weighted by atomic mass is 19.4. The fraction of sp³-hybridized carbons (Fsp3) is 0.625. The Morgan fingerprint density at radius 2 is 2.17 bits per heavy atom. The molecule has 0 unspecified atom stereocenters. The van der Waals surface area contributed by atoms with Crippen LogP contribution < -0.4 is 10.9 Å². The second kappa shape index (κ2) is 8.29. The van der Waals surface area contributed by atoms with Crippen LogP contribution in [0.1, 0.15) is 20.1 Å². The van der Waals surface area contributed by atoms with Crippen molar-refractivity contribution in [2.45, 2.75) is 44.6 Å². The van der Waals surface area contributed by atoms with E-state index < -0.39 is 61.3 Å². The molecule has 1 saturated heterocycles. The molecular formula is C16H20F3N5O6. The number of ether oxygens (including phenoxy) is 2. The summed E-state index contributed by atoms with van der Waals surface area (Å²) in [5.41, 5.74) is -0.919. The van der Waals surface area contributed by atoms with Crippen molar-refractivity contribution < 1.29 is 37.7 Å². The highest BCUT2D eigenvalue weighted by Crippen LogP contribution is 2.33. The van der Waals surface area contributed by atoms with Crippen molar-refractivity contribution in [2.24, 2.45) is 5.92 Å². The maximum Gasteiger partial charge on any atom is 0.411 e. The number of carbonyl (C=O) groups is 1. The lowest BCUT2D eigenvalue weighted by molar-refractivity contribution is -0.197. The summed E-state index contributed by atoms with van der Waals surface area (Å²) >= 11 is 0. The summed E-state index contributed by atoms with van der Waals surface area (Å²) in [7, 11) is 0. The second-order valence-corrected chi connectivity index (χ2v) is 7.01. The summed E-state index contributed by atoms with van der Waals surface area (Å²) in [6.45, 7) is 0.909. The summed E-state index contributed by atoms with van der Waals surface area (Å²) in [5.74, 6) is -0.988. The van der Waals surface area contributed by atoms with Crippen LogP contribution in [0.5, 0.6) is 0 Å². The van der Waals surface area contributed by atoms with Crippen LogP contribution >= 0.6 is 0 Å². The molecule has 0 spiro atoms. The minimum Gasteiger partial charge on any atom is -0.394 e. The van der Waals surface area contributed by atoms with Crippen molar-refractivity contribution in [3.63, 3.8) is 0 Å². The molecule has 0 aromatic carbocycles. The Labute approximate surface area is 166 Å². The number of alkyl halides is 3. The van der Waals surface area contributed by atoms with Crippen LogP contribution in [0.15, 0.2) is 11.1 Å². The molecule has 1 aliphatic heterocycles. The van der Waals surface area contributed by atoms with Crippen molar-refractivity contribution in [3.05, 3.63) is 16.7 Å². The summed E-state index contributed by atoms with van der Waals surface area (Å²) in [5, 5.41) is 22.3. The molecule has 0 saturated carbocycles. The molecule has 4 N–H and O–H groups in total. The first-order valence-corrected chi connectivity index (χ1v) is 8.92. The van der Waals surface area contributed by atoms with Gasteiger partial charge in [0.05, 0.1) is 12.9 Å². The quantitative estimate of drug-likeness (QED) is 0.492. The van der Waals surface area contributed by atoms with Gasteiger partial charge in [0.2, 0.25) is 11.9 Å². The molecule has 0 radical (unpaired) electrons. The number of hydrogen-bond donors (Lipinski definition) is 4. The first-order valence-electron chi connectivity index (χ1n) is 8.92. The molecular weight excluding hydrogens is 415 g/mol. The van der Waals surface area contributed by atoms with E-state index in [9.17, 15) is 33.0 Å². The number of anilines is 1. The van der Waals surface area contributed by atoms with Gasteiger partial charge in [-0.15, -0.1) is 0 Å². The number of nitrogens with one attached hydrogen (secondary N) is 2. The minimum absolute atomic E-state index is 0.0879. The van der Waals surface area contributed by atoms with Crippen LogP contribution in [0, 0.1) is 5.92 Å². The van der Waals surface area contributed by atoms with E-state index in [1.807, 2.05) is 0 Å². The van der Waals surface area contributed by atoms with Gasteiger partial charge in [-0.2, -0.15) is 18.2 Å². The fourth-order valence-electron chi connectivity index (χ4n) is 2.93. The molecule has 1 fully saturated rings. The number of rotatable bonds is 6. The number of aromatic nitrogens is 4. The molecule has 4 atom stereocenters. The SMILES string of the molecule is CC(C)C(=O)Nc1nc2c(ncn2[C@@H]2O[C@H](CO)[C@@H](OCC(F)(F)F)[C@H]2O)c(=O)[nH]1. The number of aromatic amines is 1. The lowest BCUT2D eigenvalue weighted by atomic mass is 10.1. The number of amides is 1. The molecule has 1 aliphatic rings. The second-order valence-electron chi connectivity index (χ2n) is 7.01. The van der Waals surface area contributed by atoms with Gasteiger partial charge in [-0.25, -0.2) is 4.98 Å². The Balaban J connectivity index is 1.93. The Bertz CT molecular complexity index is 974. The Morgan fingerprint density at radius 1 is 1.47 bits per heavy atom. The van der Waals surface area contributed by atoms with Crippen LogP contribution in [0.2, 0.25) is 0 Å². The third kappa shape index (κ3) is 4.45. The predicted molar refractivity (Wildman–Crippen MR) is 94.4 cm³/mol. The van der Waals surface area contributed by atoms with E-state index in [1.165, 1.54) is 0 Å².